The number of rotatable bonds is 5. The number of nitrogens with zero attached hydrogens (tertiary/aromatic N) is 1. The Labute approximate surface area is 125 Å². The summed E-state index contributed by atoms with van der Waals surface area (Å²) in [6.45, 7) is 4.09. The minimum Gasteiger partial charge on any atom is -0.464 e. The van der Waals surface area contributed by atoms with Crippen molar-refractivity contribution in [2.75, 3.05) is 7.05 Å². The lowest BCUT2D eigenvalue weighted by Crippen LogP contribution is -2.27. The first-order chi connectivity index (χ1) is 9.86. The molecule has 0 saturated heterocycles. The molecular weight excluding hydrogens is 288 g/mol. The molecule has 2 aromatic rings. The smallest absolute Gasteiger partial charge is 0.246 e. The topological polar surface area (TPSA) is 76.5 Å². The fraction of sp³-hybridized carbons (Fsp3) is 0.333. The lowest BCUT2D eigenvalue weighted by molar-refractivity contribution is 0.456. The zero-order valence-electron chi connectivity index (χ0n) is 12.5. The van der Waals surface area contributed by atoms with Crippen LogP contribution < -0.4 is 5.73 Å². The minimum atomic E-state index is -3.59. The van der Waals surface area contributed by atoms with Gasteiger partial charge in [-0.15, -0.1) is 0 Å². The van der Waals surface area contributed by atoms with E-state index in [1.807, 2.05) is 31.2 Å². The van der Waals surface area contributed by atoms with Crippen molar-refractivity contribution in [3.05, 3.63) is 53.0 Å². The number of hydrogen-bond acceptors (Lipinski definition) is 4. The molecule has 0 spiro atoms. The average molecular weight is 308 g/mol. The monoisotopic (exact) mass is 308 g/mol. The van der Waals surface area contributed by atoms with E-state index < -0.39 is 10.0 Å². The fourth-order valence-corrected chi connectivity index (χ4v) is 3.49. The van der Waals surface area contributed by atoms with Gasteiger partial charge in [0, 0.05) is 19.7 Å². The van der Waals surface area contributed by atoms with Crippen LogP contribution >= 0.6 is 0 Å². The van der Waals surface area contributed by atoms with Crippen LogP contribution in [0.4, 0.5) is 0 Å². The van der Waals surface area contributed by atoms with Crippen molar-refractivity contribution in [3.63, 3.8) is 0 Å². The van der Waals surface area contributed by atoms with E-state index in [1.165, 1.54) is 10.4 Å². The molecule has 0 aliphatic carbocycles. The highest BCUT2D eigenvalue weighted by atomic mass is 32.2. The SMILES string of the molecule is Cc1ccccc1CN(C)S(=O)(=O)c1cc(CN)oc1C. The molecule has 0 radical (unpaired) electrons. The third-order valence-electron chi connectivity index (χ3n) is 3.47. The number of aryl methyl sites for hydroxylation is 2. The second-order valence-corrected chi connectivity index (χ2v) is 7.04. The third kappa shape index (κ3) is 3.18. The molecule has 0 saturated carbocycles. The zero-order valence-corrected chi connectivity index (χ0v) is 13.3. The lowest BCUT2D eigenvalue weighted by atomic mass is 10.1. The van der Waals surface area contributed by atoms with Crippen molar-refractivity contribution < 1.29 is 12.8 Å². The van der Waals surface area contributed by atoms with Crippen molar-refractivity contribution in [1.82, 2.24) is 4.31 Å². The number of benzene rings is 1. The standard InChI is InChI=1S/C15H20N2O3S/c1-11-6-4-5-7-13(11)10-17(3)21(18,19)15-8-14(9-16)20-12(15)2/h4-8H,9-10,16H2,1-3H3. The molecule has 6 heteroatoms. The Morgan fingerprint density at radius 1 is 1.24 bits per heavy atom. The van der Waals surface area contributed by atoms with Crippen molar-refractivity contribution in [2.24, 2.45) is 5.73 Å². The summed E-state index contributed by atoms with van der Waals surface area (Å²) < 4.78 is 31.9. The van der Waals surface area contributed by atoms with E-state index in [9.17, 15) is 8.42 Å². The van der Waals surface area contributed by atoms with Crippen LogP contribution in [0.3, 0.4) is 0 Å². The van der Waals surface area contributed by atoms with Gasteiger partial charge in [-0.2, -0.15) is 4.31 Å². The zero-order chi connectivity index (χ0) is 15.6. The second kappa shape index (κ2) is 6.01. The highest BCUT2D eigenvalue weighted by Gasteiger charge is 2.26. The van der Waals surface area contributed by atoms with Gasteiger partial charge in [0.1, 0.15) is 16.4 Å². The van der Waals surface area contributed by atoms with E-state index in [0.29, 0.717) is 18.1 Å². The van der Waals surface area contributed by atoms with Gasteiger partial charge >= 0.3 is 0 Å². The summed E-state index contributed by atoms with van der Waals surface area (Å²) in [6.07, 6.45) is 0. The summed E-state index contributed by atoms with van der Waals surface area (Å²) in [5.41, 5.74) is 7.53. The summed E-state index contributed by atoms with van der Waals surface area (Å²) >= 11 is 0. The van der Waals surface area contributed by atoms with Gasteiger partial charge in [0.25, 0.3) is 0 Å². The van der Waals surface area contributed by atoms with Gasteiger partial charge in [-0.1, -0.05) is 24.3 Å². The molecule has 114 valence electrons. The first kappa shape index (κ1) is 15.8. The fourth-order valence-electron chi connectivity index (χ4n) is 2.16. The maximum absolute atomic E-state index is 12.6. The van der Waals surface area contributed by atoms with Crippen LogP contribution in [-0.2, 0) is 23.1 Å². The summed E-state index contributed by atoms with van der Waals surface area (Å²) in [4.78, 5) is 0.180. The Hall–Kier alpha value is -1.63. The molecular formula is C15H20N2O3S. The Morgan fingerprint density at radius 2 is 1.90 bits per heavy atom. The van der Waals surface area contributed by atoms with E-state index in [-0.39, 0.29) is 11.4 Å². The maximum Gasteiger partial charge on any atom is 0.246 e. The summed E-state index contributed by atoms with van der Waals surface area (Å²) in [6, 6.07) is 9.22. The number of furan rings is 1. The van der Waals surface area contributed by atoms with Crippen LogP contribution in [-0.4, -0.2) is 19.8 Å². The molecule has 1 aromatic carbocycles. The van der Waals surface area contributed by atoms with Crippen LogP contribution in [0.15, 0.2) is 39.6 Å². The largest absolute Gasteiger partial charge is 0.464 e. The van der Waals surface area contributed by atoms with Crippen molar-refractivity contribution in [3.8, 4) is 0 Å². The summed E-state index contributed by atoms with van der Waals surface area (Å²) in [5.74, 6) is 0.836. The quantitative estimate of drug-likeness (QED) is 0.918. The van der Waals surface area contributed by atoms with Crippen LogP contribution in [0.5, 0.6) is 0 Å². The van der Waals surface area contributed by atoms with Crippen molar-refractivity contribution in [2.45, 2.75) is 31.8 Å². The van der Waals surface area contributed by atoms with Crippen LogP contribution in [0, 0.1) is 13.8 Å². The van der Waals surface area contributed by atoms with E-state index in [4.69, 9.17) is 10.2 Å². The molecule has 0 atom stereocenters. The molecule has 2 rings (SSSR count). The predicted molar refractivity (Wildman–Crippen MR) is 81.2 cm³/mol. The molecule has 1 aromatic heterocycles. The van der Waals surface area contributed by atoms with Gasteiger partial charge in [0.15, 0.2) is 0 Å². The van der Waals surface area contributed by atoms with E-state index in [0.717, 1.165) is 11.1 Å². The van der Waals surface area contributed by atoms with Crippen molar-refractivity contribution >= 4 is 10.0 Å². The van der Waals surface area contributed by atoms with Gasteiger partial charge in [-0.3, -0.25) is 0 Å². The molecule has 0 unspecified atom stereocenters. The van der Waals surface area contributed by atoms with Gasteiger partial charge < -0.3 is 10.2 Å². The first-order valence-corrected chi connectivity index (χ1v) is 8.10. The number of hydrogen-bond donors (Lipinski definition) is 1. The van der Waals surface area contributed by atoms with Gasteiger partial charge in [-0.05, 0) is 25.0 Å². The van der Waals surface area contributed by atoms with E-state index >= 15 is 0 Å². The Bertz CT molecular complexity index is 735. The molecule has 0 bridgehead atoms. The Kier molecular flexibility index (Phi) is 4.51. The predicted octanol–water partition coefficient (Wildman–Crippen LogP) is 2.18. The van der Waals surface area contributed by atoms with Gasteiger partial charge in [0.05, 0.1) is 6.54 Å². The highest BCUT2D eigenvalue weighted by Crippen LogP contribution is 2.24. The second-order valence-electron chi connectivity index (χ2n) is 5.02. The van der Waals surface area contributed by atoms with E-state index in [1.54, 1.807) is 14.0 Å². The summed E-state index contributed by atoms with van der Waals surface area (Å²) in [7, 11) is -2.02. The van der Waals surface area contributed by atoms with Crippen LogP contribution in [0.2, 0.25) is 0 Å². The molecule has 0 fully saturated rings. The highest BCUT2D eigenvalue weighted by molar-refractivity contribution is 7.89. The van der Waals surface area contributed by atoms with Crippen molar-refractivity contribution in [1.29, 1.82) is 0 Å². The average Bonchev–Trinajstić information content (AvgIpc) is 2.83. The third-order valence-corrected chi connectivity index (χ3v) is 5.38. The molecule has 1 heterocycles. The molecule has 0 amide bonds. The minimum absolute atomic E-state index is 0.178. The number of nitrogens with two attached hydrogens (primary N) is 1. The van der Waals surface area contributed by atoms with Crippen LogP contribution in [0.25, 0.3) is 0 Å². The molecule has 5 nitrogen and oxygen atoms in total. The van der Waals surface area contributed by atoms with Gasteiger partial charge in [0.2, 0.25) is 10.0 Å². The van der Waals surface area contributed by atoms with E-state index in [2.05, 4.69) is 0 Å². The first-order valence-electron chi connectivity index (χ1n) is 6.66. The lowest BCUT2D eigenvalue weighted by Gasteiger charge is -2.17. The molecule has 0 aliphatic heterocycles. The molecule has 0 aliphatic rings. The molecule has 21 heavy (non-hydrogen) atoms. The maximum atomic E-state index is 12.6. The Morgan fingerprint density at radius 3 is 2.48 bits per heavy atom. The van der Waals surface area contributed by atoms with Crippen LogP contribution in [0.1, 0.15) is 22.6 Å². The molecule has 2 N–H and O–H groups in total. The Balaban J connectivity index is 2.30. The summed E-state index contributed by atoms with van der Waals surface area (Å²) in [5, 5.41) is 0. The normalized spacial score (nSPS) is 12.0. The number of sulfonamides is 1. The van der Waals surface area contributed by atoms with Gasteiger partial charge in [-0.25, -0.2) is 8.42 Å².